The summed E-state index contributed by atoms with van der Waals surface area (Å²) in [7, 11) is 0. The summed E-state index contributed by atoms with van der Waals surface area (Å²) in [5.41, 5.74) is 5.20. The minimum absolute atomic E-state index is 0.424. The summed E-state index contributed by atoms with van der Waals surface area (Å²) >= 11 is -0.424. The van der Waals surface area contributed by atoms with E-state index in [-0.39, 0.29) is 0 Å². The standard InChI is InChI=1S/C2H5INO2/c1-2(4)5-3-6-2/h4H2,1H3/q-1. The zero-order valence-corrected chi connectivity index (χ0v) is 5.43. The Balaban J connectivity index is 2.31. The Morgan fingerprint density at radius 1 is 1.67 bits per heavy atom. The van der Waals surface area contributed by atoms with Gasteiger partial charge in [0.1, 0.15) is 0 Å². The maximum absolute atomic E-state index is 5.20. The quantitative estimate of drug-likeness (QED) is 0.416. The molecule has 4 heteroatoms. The SMILES string of the molecule is CC1(N)O[I-]O1. The Morgan fingerprint density at radius 3 is 2.00 bits per heavy atom. The van der Waals surface area contributed by atoms with Gasteiger partial charge >= 0.3 is 46.7 Å². The first-order valence-corrected chi connectivity index (χ1v) is 3.27. The number of hydrogen-bond donors (Lipinski definition) is 1. The van der Waals surface area contributed by atoms with Gasteiger partial charge in [-0.25, -0.2) is 0 Å². The van der Waals surface area contributed by atoms with Crippen molar-refractivity contribution in [1.29, 1.82) is 0 Å². The molecule has 1 aliphatic rings. The van der Waals surface area contributed by atoms with Crippen molar-refractivity contribution in [2.24, 2.45) is 5.73 Å². The molecule has 1 aliphatic heterocycles. The van der Waals surface area contributed by atoms with E-state index in [1.54, 1.807) is 6.92 Å². The van der Waals surface area contributed by atoms with Gasteiger partial charge in [0.25, 0.3) is 0 Å². The van der Waals surface area contributed by atoms with Gasteiger partial charge in [-0.2, -0.15) is 0 Å². The van der Waals surface area contributed by atoms with Crippen LogP contribution < -0.4 is 27.8 Å². The predicted molar refractivity (Wildman–Crippen MR) is 14.8 cm³/mol. The van der Waals surface area contributed by atoms with Gasteiger partial charge in [0, 0.05) is 0 Å². The molecular formula is C2H5INO2-. The Kier molecular flexibility index (Phi) is 1.02. The second kappa shape index (κ2) is 1.29. The van der Waals surface area contributed by atoms with E-state index < -0.39 is 27.9 Å². The summed E-state index contributed by atoms with van der Waals surface area (Å²) in [6.45, 7) is 1.69. The van der Waals surface area contributed by atoms with Crippen LogP contribution in [0.2, 0.25) is 0 Å². The van der Waals surface area contributed by atoms with E-state index in [4.69, 9.17) is 11.9 Å². The van der Waals surface area contributed by atoms with Crippen LogP contribution >= 0.6 is 0 Å². The molecule has 6 heavy (non-hydrogen) atoms. The summed E-state index contributed by atoms with van der Waals surface area (Å²) in [6, 6.07) is 0. The van der Waals surface area contributed by atoms with Gasteiger partial charge in [-0.1, -0.05) is 0 Å². The van der Waals surface area contributed by atoms with E-state index in [0.29, 0.717) is 0 Å². The van der Waals surface area contributed by atoms with E-state index in [1.165, 1.54) is 0 Å². The fourth-order valence-electron chi connectivity index (χ4n) is 0.131. The van der Waals surface area contributed by atoms with Crippen molar-refractivity contribution < 1.29 is 28.2 Å². The number of rotatable bonds is 0. The molecule has 2 N–H and O–H groups in total. The predicted octanol–water partition coefficient (Wildman–Crippen LogP) is -3.42. The van der Waals surface area contributed by atoms with Crippen LogP contribution in [0.5, 0.6) is 0 Å². The first-order valence-electron chi connectivity index (χ1n) is 1.51. The van der Waals surface area contributed by atoms with E-state index >= 15 is 0 Å². The molecule has 3 nitrogen and oxygen atoms in total. The van der Waals surface area contributed by atoms with Gasteiger partial charge in [-0.3, -0.25) is 0 Å². The van der Waals surface area contributed by atoms with Crippen LogP contribution in [0.4, 0.5) is 0 Å². The minimum atomic E-state index is -0.729. The van der Waals surface area contributed by atoms with Gasteiger partial charge in [0.15, 0.2) is 0 Å². The molecule has 0 unspecified atom stereocenters. The molecule has 0 amide bonds. The summed E-state index contributed by atoms with van der Waals surface area (Å²) in [5.74, 6) is -0.729. The van der Waals surface area contributed by atoms with E-state index in [2.05, 4.69) is 0 Å². The van der Waals surface area contributed by atoms with Crippen LogP contribution in [-0.4, -0.2) is 5.91 Å². The molecule has 0 aromatic heterocycles. The Labute approximate surface area is 47.2 Å². The van der Waals surface area contributed by atoms with Crippen LogP contribution in [0.15, 0.2) is 0 Å². The van der Waals surface area contributed by atoms with Crippen molar-refractivity contribution >= 4 is 0 Å². The molecule has 0 radical (unpaired) electrons. The van der Waals surface area contributed by atoms with Crippen LogP contribution in [0.3, 0.4) is 0 Å². The maximum atomic E-state index is 5.20. The number of hydrogen-bond acceptors (Lipinski definition) is 3. The second-order valence-electron chi connectivity index (χ2n) is 1.23. The molecule has 0 atom stereocenters. The first kappa shape index (κ1) is 4.76. The summed E-state index contributed by atoms with van der Waals surface area (Å²) in [4.78, 5) is 0. The van der Waals surface area contributed by atoms with Crippen molar-refractivity contribution in [3.63, 3.8) is 0 Å². The molecule has 0 aromatic carbocycles. The molecule has 0 saturated carbocycles. The van der Waals surface area contributed by atoms with Crippen LogP contribution in [0.25, 0.3) is 0 Å². The normalized spacial score (nSPS) is 30.3. The molecular weight excluding hydrogens is 197 g/mol. The number of halogens is 1. The average molecular weight is 202 g/mol. The summed E-state index contributed by atoms with van der Waals surface area (Å²) < 4.78 is 9.57. The topological polar surface area (TPSA) is 44.5 Å². The van der Waals surface area contributed by atoms with Crippen LogP contribution in [-0.2, 0) is 6.13 Å². The van der Waals surface area contributed by atoms with Crippen molar-refractivity contribution in [2.45, 2.75) is 12.8 Å². The molecule has 0 aromatic rings. The fraction of sp³-hybridized carbons (Fsp3) is 1.00. The third-order valence-corrected chi connectivity index (χ3v) is 2.48. The van der Waals surface area contributed by atoms with Crippen molar-refractivity contribution in [1.82, 2.24) is 0 Å². The fourth-order valence-corrected chi connectivity index (χ4v) is 0.878. The van der Waals surface area contributed by atoms with Crippen LogP contribution in [0.1, 0.15) is 6.92 Å². The monoisotopic (exact) mass is 202 g/mol. The Bertz CT molecular complexity index is 58.6. The van der Waals surface area contributed by atoms with Gasteiger partial charge in [-0.05, 0) is 0 Å². The zero-order chi connectivity index (χ0) is 4.62. The van der Waals surface area contributed by atoms with E-state index in [9.17, 15) is 0 Å². The van der Waals surface area contributed by atoms with Gasteiger partial charge in [-0.15, -0.1) is 0 Å². The first-order chi connectivity index (χ1) is 2.71. The van der Waals surface area contributed by atoms with Crippen molar-refractivity contribution in [2.75, 3.05) is 0 Å². The molecule has 0 aliphatic carbocycles. The summed E-state index contributed by atoms with van der Waals surface area (Å²) in [6.07, 6.45) is 0. The molecule has 1 rings (SSSR count). The van der Waals surface area contributed by atoms with Gasteiger partial charge < -0.3 is 0 Å². The van der Waals surface area contributed by atoms with Crippen LogP contribution in [0, 0.1) is 0 Å². The molecule has 1 heterocycles. The van der Waals surface area contributed by atoms with Gasteiger partial charge in [0.05, 0.1) is 0 Å². The molecule has 0 spiro atoms. The Hall–Kier alpha value is 0.610. The third kappa shape index (κ3) is 0.810. The molecule has 1 saturated heterocycles. The van der Waals surface area contributed by atoms with E-state index in [0.717, 1.165) is 0 Å². The van der Waals surface area contributed by atoms with Crippen molar-refractivity contribution in [3.05, 3.63) is 0 Å². The number of nitrogens with two attached hydrogens (primary N) is 1. The zero-order valence-electron chi connectivity index (χ0n) is 3.27. The van der Waals surface area contributed by atoms with E-state index in [1.807, 2.05) is 0 Å². The molecule has 1 fully saturated rings. The average Bonchev–Trinajstić information content (AvgIpc) is 1.32. The van der Waals surface area contributed by atoms with Crippen molar-refractivity contribution in [3.8, 4) is 0 Å². The second-order valence-corrected chi connectivity index (χ2v) is 2.47. The third-order valence-electron chi connectivity index (χ3n) is 0.369. The Morgan fingerprint density at radius 2 is 2.00 bits per heavy atom. The van der Waals surface area contributed by atoms with Gasteiger partial charge in [0.2, 0.25) is 0 Å². The molecule has 0 bridgehead atoms. The molecule has 38 valence electrons. The summed E-state index contributed by atoms with van der Waals surface area (Å²) in [5, 5.41) is 0.